The van der Waals surface area contributed by atoms with Crippen molar-refractivity contribution in [3.63, 3.8) is 0 Å². The van der Waals surface area contributed by atoms with E-state index in [4.69, 9.17) is 17.0 Å². The molecule has 2 aromatic rings. The Hall–Kier alpha value is 0.0331. The summed E-state index contributed by atoms with van der Waals surface area (Å²) in [6, 6.07) is 12.8. The van der Waals surface area contributed by atoms with Crippen molar-refractivity contribution in [3.8, 4) is 0 Å². The van der Waals surface area contributed by atoms with Crippen LogP contribution in [0.5, 0.6) is 0 Å². The van der Waals surface area contributed by atoms with Crippen molar-refractivity contribution in [3.05, 3.63) is 54.6 Å². The van der Waals surface area contributed by atoms with Gasteiger partial charge in [-0.3, -0.25) is 0 Å². The summed E-state index contributed by atoms with van der Waals surface area (Å²) in [7, 11) is 9.87. The van der Waals surface area contributed by atoms with Crippen LogP contribution in [0.25, 0.3) is 10.8 Å². The van der Waals surface area contributed by atoms with Crippen LogP contribution in [0.3, 0.4) is 0 Å². The van der Waals surface area contributed by atoms with Crippen LogP contribution in [0.2, 0.25) is 0 Å². The monoisotopic (exact) mass is 315 g/mol. The molecule has 0 bridgehead atoms. The van der Waals surface area contributed by atoms with Crippen molar-refractivity contribution in [1.82, 2.24) is 0 Å². The van der Waals surface area contributed by atoms with E-state index in [9.17, 15) is 0 Å². The Labute approximate surface area is 109 Å². The molecular formula is C12H11Cl2Zr-. The third-order valence-electron chi connectivity index (χ3n) is 2.14. The molecule has 0 nitrogen and oxygen atoms in total. The van der Waals surface area contributed by atoms with Crippen molar-refractivity contribution in [1.29, 1.82) is 0 Å². The third kappa shape index (κ3) is 3.83. The maximum absolute atomic E-state index is 4.93. The molecule has 0 unspecified atom stereocenters. The van der Waals surface area contributed by atoms with Gasteiger partial charge in [-0.2, -0.15) is 6.07 Å². The van der Waals surface area contributed by atoms with E-state index in [1.54, 1.807) is 0 Å². The van der Waals surface area contributed by atoms with Gasteiger partial charge in [-0.15, -0.1) is 47.2 Å². The molecule has 0 aliphatic rings. The van der Waals surface area contributed by atoms with Crippen molar-refractivity contribution >= 4 is 27.8 Å². The summed E-state index contributed by atoms with van der Waals surface area (Å²) in [5, 5.41) is 2.69. The summed E-state index contributed by atoms with van der Waals surface area (Å²) in [5.41, 5.74) is 1.38. The SMILES string of the molecule is C=CC[c-]1ccc2ccccc21.[Cl][Zr][Cl]. The second-order valence-corrected chi connectivity index (χ2v) is 6.74. The van der Waals surface area contributed by atoms with Crippen molar-refractivity contribution in [2.75, 3.05) is 0 Å². The molecule has 0 amide bonds. The zero-order chi connectivity index (χ0) is 11.1. The second-order valence-electron chi connectivity index (χ2n) is 3.01. The van der Waals surface area contributed by atoms with Crippen LogP contribution in [0.15, 0.2) is 49.1 Å². The van der Waals surface area contributed by atoms with Gasteiger partial charge < -0.3 is 0 Å². The van der Waals surface area contributed by atoms with Crippen LogP contribution in [-0.4, -0.2) is 0 Å². The maximum atomic E-state index is 4.93. The molecule has 0 saturated heterocycles. The van der Waals surface area contributed by atoms with Crippen LogP contribution in [0.4, 0.5) is 0 Å². The quantitative estimate of drug-likeness (QED) is 0.558. The molecule has 0 aliphatic carbocycles. The third-order valence-corrected chi connectivity index (χ3v) is 2.14. The van der Waals surface area contributed by atoms with Crippen LogP contribution < -0.4 is 0 Å². The zero-order valence-electron chi connectivity index (χ0n) is 8.21. The molecule has 0 heterocycles. The number of fused-ring (bicyclic) bond motifs is 1. The predicted molar refractivity (Wildman–Crippen MR) is 65.1 cm³/mol. The van der Waals surface area contributed by atoms with Gasteiger partial charge >= 0.3 is 37.9 Å². The first-order valence-electron chi connectivity index (χ1n) is 4.54. The minimum absolute atomic E-state index is 0.826. The van der Waals surface area contributed by atoms with E-state index >= 15 is 0 Å². The van der Waals surface area contributed by atoms with Gasteiger partial charge in [0, 0.05) is 0 Å². The fourth-order valence-corrected chi connectivity index (χ4v) is 1.55. The predicted octanol–water partition coefficient (Wildman–Crippen LogP) is 4.66. The molecule has 2 rings (SSSR count). The Bertz CT molecular complexity index is 420. The summed E-state index contributed by atoms with van der Waals surface area (Å²) in [4.78, 5) is 0. The van der Waals surface area contributed by atoms with Crippen LogP contribution in [-0.2, 0) is 27.3 Å². The van der Waals surface area contributed by atoms with E-state index in [0.29, 0.717) is 0 Å². The zero-order valence-corrected chi connectivity index (χ0v) is 12.2. The second kappa shape index (κ2) is 7.33. The minimum atomic E-state index is -0.826. The summed E-state index contributed by atoms with van der Waals surface area (Å²) >= 11 is -0.826. The first kappa shape index (κ1) is 13.1. The van der Waals surface area contributed by atoms with Gasteiger partial charge in [0.25, 0.3) is 0 Å². The van der Waals surface area contributed by atoms with Gasteiger partial charge in [0.05, 0.1) is 0 Å². The Morgan fingerprint density at radius 1 is 1.27 bits per heavy atom. The molecule has 0 atom stereocenters. The summed E-state index contributed by atoms with van der Waals surface area (Å²) in [6.45, 7) is 3.74. The van der Waals surface area contributed by atoms with E-state index < -0.39 is 20.8 Å². The molecule has 0 spiro atoms. The van der Waals surface area contributed by atoms with Gasteiger partial charge in [0.1, 0.15) is 0 Å². The Morgan fingerprint density at radius 2 is 1.93 bits per heavy atom. The summed E-state index contributed by atoms with van der Waals surface area (Å²) in [5.74, 6) is 0. The van der Waals surface area contributed by atoms with Gasteiger partial charge in [-0.25, -0.2) is 0 Å². The Kier molecular flexibility index (Phi) is 6.40. The van der Waals surface area contributed by atoms with E-state index in [1.807, 2.05) is 6.08 Å². The Balaban J connectivity index is 0.000000337. The van der Waals surface area contributed by atoms with Crippen LogP contribution >= 0.6 is 17.0 Å². The standard InChI is InChI=1S/C12H11.2ClH.Zr/c1-2-5-10-8-9-11-6-3-4-7-12(10)11;;;/h2-4,6-9H,1,5H2;2*1H;/q-1;;;+2/p-2. The van der Waals surface area contributed by atoms with E-state index in [2.05, 4.69) is 43.0 Å². The molecule has 2 aromatic carbocycles. The molecule has 0 N–H and O–H groups in total. The molecule has 78 valence electrons. The number of hydrogen-bond donors (Lipinski definition) is 0. The average molecular weight is 317 g/mol. The van der Waals surface area contributed by atoms with Gasteiger partial charge in [-0.1, -0.05) is 12.1 Å². The van der Waals surface area contributed by atoms with E-state index in [-0.39, 0.29) is 0 Å². The summed E-state index contributed by atoms with van der Waals surface area (Å²) < 4.78 is 0. The topological polar surface area (TPSA) is 0 Å². The molecule has 0 fully saturated rings. The number of hydrogen-bond acceptors (Lipinski definition) is 0. The fraction of sp³-hybridized carbons (Fsp3) is 0.0833. The van der Waals surface area contributed by atoms with Gasteiger partial charge in [0.2, 0.25) is 0 Å². The number of benzene rings is 1. The van der Waals surface area contributed by atoms with Crippen molar-refractivity contribution in [2.24, 2.45) is 0 Å². The van der Waals surface area contributed by atoms with E-state index in [1.165, 1.54) is 16.3 Å². The average Bonchev–Trinajstić information content (AvgIpc) is 2.64. The molecule has 15 heavy (non-hydrogen) atoms. The number of halogens is 2. The molecule has 3 heteroatoms. The first-order chi connectivity index (χ1) is 7.33. The van der Waals surface area contributed by atoms with Crippen LogP contribution in [0.1, 0.15) is 5.56 Å². The number of rotatable bonds is 2. The molecule has 0 aromatic heterocycles. The molecule has 0 aliphatic heterocycles. The first-order valence-corrected chi connectivity index (χ1v) is 10.9. The van der Waals surface area contributed by atoms with Crippen molar-refractivity contribution < 1.29 is 20.8 Å². The van der Waals surface area contributed by atoms with Crippen molar-refractivity contribution in [2.45, 2.75) is 6.42 Å². The Morgan fingerprint density at radius 3 is 2.60 bits per heavy atom. The molecule has 0 saturated carbocycles. The number of allylic oxidation sites excluding steroid dienone is 1. The summed E-state index contributed by atoms with van der Waals surface area (Å²) in [6.07, 6.45) is 2.91. The van der Waals surface area contributed by atoms with E-state index in [0.717, 1.165) is 6.42 Å². The normalized spacial score (nSPS) is 9.20. The van der Waals surface area contributed by atoms with Gasteiger partial charge in [-0.05, 0) is 6.42 Å². The molecule has 0 radical (unpaired) electrons. The van der Waals surface area contributed by atoms with Crippen LogP contribution in [0, 0.1) is 0 Å². The fourth-order valence-electron chi connectivity index (χ4n) is 1.55. The molecular weight excluding hydrogens is 306 g/mol. The van der Waals surface area contributed by atoms with Gasteiger partial charge in [0.15, 0.2) is 0 Å².